The number of halogens is 2. The minimum atomic E-state index is -0.624. The van der Waals surface area contributed by atoms with E-state index >= 15 is 0 Å². The monoisotopic (exact) mass is 419 g/mol. The van der Waals surface area contributed by atoms with Gasteiger partial charge in [0.2, 0.25) is 0 Å². The Morgan fingerprint density at radius 3 is 2.55 bits per heavy atom. The average molecular weight is 419 g/mol. The van der Waals surface area contributed by atoms with Gasteiger partial charge in [0.05, 0.1) is 31.1 Å². The van der Waals surface area contributed by atoms with E-state index in [0.717, 1.165) is 22.5 Å². The van der Waals surface area contributed by atoms with Crippen LogP contribution >= 0.6 is 11.8 Å². The van der Waals surface area contributed by atoms with Crippen LogP contribution in [0.1, 0.15) is 37.0 Å². The van der Waals surface area contributed by atoms with E-state index in [4.69, 9.17) is 14.8 Å². The van der Waals surface area contributed by atoms with Gasteiger partial charge in [0.15, 0.2) is 0 Å². The van der Waals surface area contributed by atoms with Crippen molar-refractivity contribution in [1.29, 1.82) is 0 Å². The second kappa shape index (κ2) is 9.96. The zero-order chi connectivity index (χ0) is 20.8. The number of aliphatic hydroxyl groups excluding tert-OH is 1. The highest BCUT2D eigenvalue weighted by Gasteiger charge is 2.21. The average Bonchev–Trinajstić information content (AvgIpc) is 3.00. The van der Waals surface area contributed by atoms with E-state index in [1.54, 1.807) is 6.20 Å². The number of ether oxygens (including phenoxy) is 1. The second-order valence-corrected chi connectivity index (χ2v) is 7.83. The number of pyridine rings is 1. The third-order valence-corrected chi connectivity index (χ3v) is 5.23. The summed E-state index contributed by atoms with van der Waals surface area (Å²) < 4.78 is 34.9. The van der Waals surface area contributed by atoms with Gasteiger partial charge in [-0.05, 0) is 30.2 Å². The summed E-state index contributed by atoms with van der Waals surface area (Å²) in [6.07, 6.45) is 1.71. The lowest BCUT2D eigenvalue weighted by molar-refractivity contribution is 0.0758. The number of rotatable bonds is 9. The van der Waals surface area contributed by atoms with Gasteiger partial charge in [-0.2, -0.15) is 0 Å². The van der Waals surface area contributed by atoms with E-state index in [1.807, 2.05) is 36.6 Å². The topological polar surface area (TPSA) is 60.2 Å². The molecular formula is C21H23F2N3O2S. The molecule has 0 spiro atoms. The molecule has 2 aromatic heterocycles. The van der Waals surface area contributed by atoms with Crippen molar-refractivity contribution in [3.8, 4) is 0 Å². The predicted octanol–water partition coefficient (Wildman–Crippen LogP) is 4.39. The summed E-state index contributed by atoms with van der Waals surface area (Å²) in [5.74, 6) is -0.480. The minimum Gasteiger partial charge on any atom is -0.394 e. The molecular weight excluding hydrogens is 396 g/mol. The van der Waals surface area contributed by atoms with Crippen molar-refractivity contribution in [1.82, 2.24) is 14.5 Å². The Bertz CT molecular complexity index is 928. The SMILES string of the molecule is CC(C)c1nc(COCCO)n(Cc2ccccn2)c1Sc1cc(F)cc(F)c1. The molecule has 2 heterocycles. The first-order valence-electron chi connectivity index (χ1n) is 9.29. The third-order valence-electron chi connectivity index (χ3n) is 4.14. The van der Waals surface area contributed by atoms with Crippen LogP contribution in [0.5, 0.6) is 0 Å². The summed E-state index contributed by atoms with van der Waals surface area (Å²) in [5, 5.41) is 9.80. The van der Waals surface area contributed by atoms with Crippen molar-refractivity contribution in [2.45, 2.75) is 42.8 Å². The van der Waals surface area contributed by atoms with Gasteiger partial charge >= 0.3 is 0 Å². The van der Waals surface area contributed by atoms with E-state index in [1.165, 1.54) is 23.9 Å². The zero-order valence-electron chi connectivity index (χ0n) is 16.3. The Kier molecular flexibility index (Phi) is 7.35. The molecule has 0 aliphatic rings. The first-order valence-corrected chi connectivity index (χ1v) is 10.1. The molecule has 3 aromatic rings. The number of hydrogen-bond donors (Lipinski definition) is 1. The maximum atomic E-state index is 13.7. The van der Waals surface area contributed by atoms with Crippen molar-refractivity contribution in [3.63, 3.8) is 0 Å². The number of aromatic nitrogens is 3. The molecule has 0 aliphatic heterocycles. The fraction of sp³-hybridized carbons (Fsp3) is 0.333. The molecule has 0 unspecified atom stereocenters. The molecule has 0 radical (unpaired) electrons. The number of hydrogen-bond acceptors (Lipinski definition) is 5. The van der Waals surface area contributed by atoms with Gasteiger partial charge in [0.25, 0.3) is 0 Å². The number of imidazole rings is 1. The molecule has 1 N–H and O–H groups in total. The summed E-state index contributed by atoms with van der Waals surface area (Å²) in [4.78, 5) is 9.58. The maximum Gasteiger partial charge on any atom is 0.136 e. The van der Waals surface area contributed by atoms with Gasteiger partial charge in [-0.25, -0.2) is 13.8 Å². The number of nitrogens with zero attached hydrogens (tertiary/aromatic N) is 3. The highest BCUT2D eigenvalue weighted by molar-refractivity contribution is 7.99. The molecule has 0 bridgehead atoms. The smallest absolute Gasteiger partial charge is 0.136 e. The summed E-state index contributed by atoms with van der Waals surface area (Å²) in [6.45, 7) is 4.81. The van der Waals surface area contributed by atoms with Crippen molar-refractivity contribution in [3.05, 3.63) is 71.4 Å². The van der Waals surface area contributed by atoms with Gasteiger partial charge in [0, 0.05) is 17.2 Å². The van der Waals surface area contributed by atoms with Crippen LogP contribution in [0, 0.1) is 11.6 Å². The van der Waals surface area contributed by atoms with Crippen LogP contribution in [0.4, 0.5) is 8.78 Å². The second-order valence-electron chi connectivity index (χ2n) is 6.76. The molecule has 3 rings (SSSR count). The lowest BCUT2D eigenvalue weighted by Crippen LogP contribution is -2.10. The van der Waals surface area contributed by atoms with Gasteiger partial charge < -0.3 is 14.4 Å². The molecule has 154 valence electrons. The Morgan fingerprint density at radius 2 is 1.93 bits per heavy atom. The largest absolute Gasteiger partial charge is 0.394 e. The zero-order valence-corrected chi connectivity index (χ0v) is 17.1. The van der Waals surface area contributed by atoms with Gasteiger partial charge in [-0.15, -0.1) is 0 Å². The lowest BCUT2D eigenvalue weighted by atomic mass is 10.1. The first kappa shape index (κ1) is 21.4. The van der Waals surface area contributed by atoms with Crippen LogP contribution in [0.25, 0.3) is 0 Å². The standard InChI is InChI=1S/C21H23F2N3O2S/c1-14(2)20-21(29-18-10-15(22)9-16(23)11-18)26(12-17-5-3-4-6-24-17)19(25-20)13-28-8-7-27/h3-6,9-11,14,27H,7-8,12-13H2,1-2H3. The Hall–Kier alpha value is -2.29. The minimum absolute atomic E-state index is 0.0812. The van der Waals surface area contributed by atoms with Crippen molar-refractivity contribution >= 4 is 11.8 Å². The Labute approximate surface area is 172 Å². The van der Waals surface area contributed by atoms with E-state index in [2.05, 4.69) is 4.98 Å². The molecule has 0 saturated carbocycles. The summed E-state index contributed by atoms with van der Waals surface area (Å²) in [5.41, 5.74) is 1.65. The lowest BCUT2D eigenvalue weighted by Gasteiger charge is -2.13. The highest BCUT2D eigenvalue weighted by atomic mass is 32.2. The van der Waals surface area contributed by atoms with Crippen LogP contribution in [-0.2, 0) is 17.9 Å². The molecule has 8 heteroatoms. The molecule has 0 saturated heterocycles. The number of aliphatic hydroxyl groups is 1. The third kappa shape index (κ3) is 5.62. The van der Waals surface area contributed by atoms with Crippen LogP contribution in [-0.4, -0.2) is 32.9 Å². The number of benzene rings is 1. The molecule has 0 atom stereocenters. The van der Waals surface area contributed by atoms with Crippen LogP contribution in [0.3, 0.4) is 0 Å². The van der Waals surface area contributed by atoms with Crippen LogP contribution in [0.15, 0.2) is 52.5 Å². The predicted molar refractivity (Wildman–Crippen MR) is 107 cm³/mol. The van der Waals surface area contributed by atoms with E-state index in [9.17, 15) is 8.78 Å². The fourth-order valence-electron chi connectivity index (χ4n) is 2.84. The van der Waals surface area contributed by atoms with Crippen molar-refractivity contribution < 1.29 is 18.6 Å². The molecule has 5 nitrogen and oxygen atoms in total. The summed E-state index contributed by atoms with van der Waals surface area (Å²) in [7, 11) is 0. The van der Waals surface area contributed by atoms with Crippen molar-refractivity contribution in [2.24, 2.45) is 0 Å². The van der Waals surface area contributed by atoms with Crippen molar-refractivity contribution in [2.75, 3.05) is 13.2 Å². The molecule has 0 amide bonds. The van der Waals surface area contributed by atoms with Crippen LogP contribution in [0.2, 0.25) is 0 Å². The highest BCUT2D eigenvalue weighted by Crippen LogP contribution is 2.36. The normalized spacial score (nSPS) is 11.4. The first-order chi connectivity index (χ1) is 14.0. The summed E-state index contributed by atoms with van der Waals surface area (Å²) >= 11 is 1.26. The van der Waals surface area contributed by atoms with E-state index in [-0.39, 0.29) is 25.7 Å². The Morgan fingerprint density at radius 1 is 1.17 bits per heavy atom. The Balaban J connectivity index is 2.04. The van der Waals surface area contributed by atoms with E-state index < -0.39 is 11.6 Å². The molecule has 29 heavy (non-hydrogen) atoms. The van der Waals surface area contributed by atoms with Gasteiger partial charge in [0.1, 0.15) is 29.1 Å². The quantitative estimate of drug-likeness (QED) is 0.522. The van der Waals surface area contributed by atoms with Gasteiger partial charge in [-0.3, -0.25) is 4.98 Å². The van der Waals surface area contributed by atoms with Crippen LogP contribution < -0.4 is 0 Å². The van der Waals surface area contributed by atoms with E-state index in [0.29, 0.717) is 17.3 Å². The molecule has 0 fully saturated rings. The molecule has 1 aromatic carbocycles. The van der Waals surface area contributed by atoms with Gasteiger partial charge in [-0.1, -0.05) is 31.7 Å². The summed E-state index contributed by atoms with van der Waals surface area (Å²) in [6, 6.07) is 9.11. The maximum absolute atomic E-state index is 13.7. The molecule has 0 aliphatic carbocycles. The fourth-order valence-corrected chi connectivity index (χ4v) is 4.07.